The summed E-state index contributed by atoms with van der Waals surface area (Å²) < 4.78 is 1.42. The third kappa shape index (κ3) is 2.07. The molecule has 7 heteroatoms. The van der Waals surface area contributed by atoms with Gasteiger partial charge in [-0.2, -0.15) is 0 Å². The van der Waals surface area contributed by atoms with E-state index in [1.54, 1.807) is 12.1 Å². The lowest BCUT2D eigenvalue weighted by Crippen LogP contribution is -2.41. The van der Waals surface area contributed by atoms with Gasteiger partial charge in [0.15, 0.2) is 5.54 Å². The van der Waals surface area contributed by atoms with Gasteiger partial charge in [0, 0.05) is 0 Å². The highest BCUT2D eigenvalue weighted by Gasteiger charge is 2.39. The second kappa shape index (κ2) is 4.98. The maximum atomic E-state index is 11.6. The van der Waals surface area contributed by atoms with E-state index in [1.165, 1.54) is 4.68 Å². The predicted octanol–water partition coefficient (Wildman–Crippen LogP) is 3.34. The van der Waals surface area contributed by atoms with Crippen LogP contribution in [0.3, 0.4) is 0 Å². The van der Waals surface area contributed by atoms with Crippen molar-refractivity contribution in [1.82, 2.24) is 15.0 Å². The van der Waals surface area contributed by atoms with E-state index in [2.05, 4.69) is 10.3 Å². The van der Waals surface area contributed by atoms with Crippen LogP contribution in [0.1, 0.15) is 26.7 Å². The molecule has 0 spiro atoms. The van der Waals surface area contributed by atoms with Gasteiger partial charge in [0.1, 0.15) is 5.52 Å². The van der Waals surface area contributed by atoms with Crippen LogP contribution in [0.25, 0.3) is 11.0 Å². The standard InChI is InChI=1S/C12H13Cl2N3O2/c1-3-12(4-2,11(18)19)17-10-6-8(14)7(13)5-9(10)15-16-17/h5-6H,3-4H2,1-2H3,(H,18,19). The number of carbonyl (C=O) groups is 1. The molecule has 0 fully saturated rings. The van der Waals surface area contributed by atoms with E-state index in [9.17, 15) is 9.90 Å². The normalized spacial score (nSPS) is 12.0. The van der Waals surface area contributed by atoms with Gasteiger partial charge in [0.2, 0.25) is 0 Å². The van der Waals surface area contributed by atoms with Crippen LogP contribution in [0.4, 0.5) is 0 Å². The number of fused-ring (bicyclic) bond motifs is 1. The first-order valence-corrected chi connectivity index (χ1v) is 6.66. The van der Waals surface area contributed by atoms with E-state index in [4.69, 9.17) is 23.2 Å². The van der Waals surface area contributed by atoms with Crippen molar-refractivity contribution in [3.8, 4) is 0 Å². The van der Waals surface area contributed by atoms with Gasteiger partial charge in [0.25, 0.3) is 0 Å². The molecule has 5 nitrogen and oxygen atoms in total. The van der Waals surface area contributed by atoms with Crippen molar-refractivity contribution in [2.24, 2.45) is 0 Å². The molecule has 0 saturated carbocycles. The smallest absolute Gasteiger partial charge is 0.331 e. The van der Waals surface area contributed by atoms with Gasteiger partial charge in [-0.1, -0.05) is 42.3 Å². The first-order chi connectivity index (χ1) is 8.96. The Morgan fingerprint density at radius 3 is 2.42 bits per heavy atom. The molecule has 1 aromatic heterocycles. The fourth-order valence-electron chi connectivity index (χ4n) is 2.18. The molecule has 0 aliphatic rings. The Bertz CT molecular complexity index is 635. The van der Waals surface area contributed by atoms with Gasteiger partial charge in [-0.05, 0) is 25.0 Å². The minimum Gasteiger partial charge on any atom is -0.479 e. The van der Waals surface area contributed by atoms with Gasteiger partial charge < -0.3 is 5.11 Å². The van der Waals surface area contributed by atoms with E-state index in [0.717, 1.165) is 0 Å². The molecule has 102 valence electrons. The summed E-state index contributed by atoms with van der Waals surface area (Å²) in [5, 5.41) is 18.2. The van der Waals surface area contributed by atoms with Gasteiger partial charge in [-0.25, -0.2) is 9.48 Å². The Morgan fingerprint density at radius 2 is 1.89 bits per heavy atom. The van der Waals surface area contributed by atoms with Crippen molar-refractivity contribution in [3.05, 3.63) is 22.2 Å². The minimum atomic E-state index is -1.12. The Balaban J connectivity index is 2.74. The van der Waals surface area contributed by atoms with Crippen molar-refractivity contribution < 1.29 is 9.90 Å². The van der Waals surface area contributed by atoms with Crippen LogP contribution in [0.15, 0.2) is 12.1 Å². The topological polar surface area (TPSA) is 68.0 Å². The molecule has 0 unspecified atom stereocenters. The number of aromatic nitrogens is 3. The molecule has 0 radical (unpaired) electrons. The van der Waals surface area contributed by atoms with Crippen molar-refractivity contribution in [2.75, 3.05) is 0 Å². The molecule has 19 heavy (non-hydrogen) atoms. The number of carboxylic acids is 1. The third-order valence-corrected chi connectivity index (χ3v) is 4.18. The van der Waals surface area contributed by atoms with Gasteiger partial charge in [-0.15, -0.1) is 5.10 Å². The van der Waals surface area contributed by atoms with Crippen LogP contribution >= 0.6 is 23.2 Å². The molecule has 2 rings (SSSR count). The van der Waals surface area contributed by atoms with E-state index >= 15 is 0 Å². The Hall–Kier alpha value is -1.33. The molecule has 0 atom stereocenters. The summed E-state index contributed by atoms with van der Waals surface area (Å²) >= 11 is 11.9. The number of hydrogen-bond donors (Lipinski definition) is 1. The Morgan fingerprint density at radius 1 is 1.32 bits per heavy atom. The molecule has 1 N–H and O–H groups in total. The predicted molar refractivity (Wildman–Crippen MR) is 73.7 cm³/mol. The van der Waals surface area contributed by atoms with Crippen molar-refractivity contribution >= 4 is 40.2 Å². The first-order valence-electron chi connectivity index (χ1n) is 5.90. The average Bonchev–Trinajstić information content (AvgIpc) is 2.76. The summed E-state index contributed by atoms with van der Waals surface area (Å²) in [6.07, 6.45) is 0.801. The molecule has 0 aliphatic heterocycles. The Kier molecular flexibility index (Phi) is 3.69. The van der Waals surface area contributed by atoms with Crippen LogP contribution in [0, 0.1) is 0 Å². The van der Waals surface area contributed by atoms with Gasteiger partial charge in [-0.3, -0.25) is 0 Å². The van der Waals surface area contributed by atoms with Crippen molar-refractivity contribution in [3.63, 3.8) is 0 Å². The molecule has 1 aromatic carbocycles. The fourth-order valence-corrected chi connectivity index (χ4v) is 2.49. The highest BCUT2D eigenvalue weighted by Crippen LogP contribution is 2.32. The number of hydrogen-bond acceptors (Lipinski definition) is 3. The van der Waals surface area contributed by atoms with Crippen LogP contribution in [-0.2, 0) is 10.3 Å². The second-order valence-corrected chi connectivity index (χ2v) is 5.11. The number of carboxylic acid groups (broad SMARTS) is 1. The van der Waals surface area contributed by atoms with Crippen molar-refractivity contribution in [2.45, 2.75) is 32.2 Å². The lowest BCUT2D eigenvalue weighted by Gasteiger charge is -2.27. The van der Waals surface area contributed by atoms with E-state index in [0.29, 0.717) is 33.9 Å². The quantitative estimate of drug-likeness (QED) is 0.940. The van der Waals surface area contributed by atoms with E-state index in [1.807, 2.05) is 13.8 Å². The Labute approximate surface area is 120 Å². The van der Waals surface area contributed by atoms with E-state index in [-0.39, 0.29) is 0 Å². The molecule has 0 amide bonds. The number of halogens is 2. The van der Waals surface area contributed by atoms with Crippen LogP contribution < -0.4 is 0 Å². The summed E-state index contributed by atoms with van der Waals surface area (Å²) in [5.74, 6) is -0.935. The summed E-state index contributed by atoms with van der Waals surface area (Å²) in [6.45, 7) is 3.62. The minimum absolute atomic E-state index is 0.351. The molecule has 1 heterocycles. The summed E-state index contributed by atoms with van der Waals surface area (Å²) in [7, 11) is 0. The zero-order valence-electron chi connectivity index (χ0n) is 10.5. The van der Waals surface area contributed by atoms with Crippen LogP contribution in [-0.4, -0.2) is 26.1 Å². The van der Waals surface area contributed by atoms with Gasteiger partial charge >= 0.3 is 5.97 Å². The zero-order chi connectivity index (χ0) is 14.2. The highest BCUT2D eigenvalue weighted by atomic mass is 35.5. The maximum absolute atomic E-state index is 11.6. The molecule has 0 bridgehead atoms. The third-order valence-electron chi connectivity index (χ3n) is 3.46. The molecule has 0 saturated heterocycles. The number of nitrogens with zero attached hydrogens (tertiary/aromatic N) is 3. The summed E-state index contributed by atoms with van der Waals surface area (Å²) in [4.78, 5) is 11.6. The fraction of sp³-hybridized carbons (Fsp3) is 0.417. The molecule has 2 aromatic rings. The van der Waals surface area contributed by atoms with Crippen LogP contribution in [0.5, 0.6) is 0 Å². The van der Waals surface area contributed by atoms with Crippen LogP contribution in [0.2, 0.25) is 10.0 Å². The highest BCUT2D eigenvalue weighted by molar-refractivity contribution is 6.42. The molecule has 0 aliphatic carbocycles. The number of rotatable bonds is 4. The SMILES string of the molecule is CCC(CC)(C(=O)O)n1nnc2cc(Cl)c(Cl)cc21. The lowest BCUT2D eigenvalue weighted by molar-refractivity contribution is -0.148. The van der Waals surface area contributed by atoms with E-state index < -0.39 is 11.5 Å². The largest absolute Gasteiger partial charge is 0.479 e. The average molecular weight is 302 g/mol. The van der Waals surface area contributed by atoms with Crippen molar-refractivity contribution in [1.29, 1.82) is 0 Å². The number of benzene rings is 1. The number of aliphatic carboxylic acids is 1. The molecular formula is C12H13Cl2N3O2. The monoisotopic (exact) mass is 301 g/mol. The lowest BCUT2D eigenvalue weighted by atomic mass is 9.93. The zero-order valence-corrected chi connectivity index (χ0v) is 12.0. The van der Waals surface area contributed by atoms with Gasteiger partial charge in [0.05, 0.1) is 15.6 Å². The second-order valence-electron chi connectivity index (χ2n) is 4.30. The summed E-state index contributed by atoms with van der Waals surface area (Å²) in [6, 6.07) is 3.18. The molecular weight excluding hydrogens is 289 g/mol. The summed E-state index contributed by atoms with van der Waals surface area (Å²) in [5.41, 5.74) is -0.0197. The first kappa shape index (κ1) is 14.1. The maximum Gasteiger partial charge on any atom is 0.331 e.